The van der Waals surface area contributed by atoms with Crippen molar-refractivity contribution in [2.75, 3.05) is 6.61 Å². The van der Waals surface area contributed by atoms with E-state index < -0.39 is 0 Å². The molecule has 0 fully saturated rings. The van der Waals surface area contributed by atoms with Gasteiger partial charge in [0, 0.05) is 6.61 Å². The van der Waals surface area contributed by atoms with Gasteiger partial charge < -0.3 is 10.5 Å². The molecule has 1 aromatic carbocycles. The van der Waals surface area contributed by atoms with E-state index in [4.69, 9.17) is 10.5 Å². The summed E-state index contributed by atoms with van der Waals surface area (Å²) in [6, 6.07) is 8.27. The number of benzene rings is 1. The molecule has 2 nitrogen and oxygen atoms in total. The molecular weight excluding hydrogens is 198 g/mol. The third-order valence-electron chi connectivity index (χ3n) is 2.90. The first-order chi connectivity index (χ1) is 7.70. The van der Waals surface area contributed by atoms with Crippen LogP contribution in [0, 0.1) is 6.92 Å². The van der Waals surface area contributed by atoms with Crippen molar-refractivity contribution in [3.05, 3.63) is 35.4 Å². The Bertz CT molecular complexity index is 305. The summed E-state index contributed by atoms with van der Waals surface area (Å²) in [5.74, 6) is 0. The van der Waals surface area contributed by atoms with Gasteiger partial charge in [0.25, 0.3) is 0 Å². The van der Waals surface area contributed by atoms with Crippen LogP contribution in [-0.4, -0.2) is 12.7 Å². The summed E-state index contributed by atoms with van der Waals surface area (Å²) in [5.41, 5.74) is 8.74. The van der Waals surface area contributed by atoms with Crippen molar-refractivity contribution in [3.8, 4) is 0 Å². The molecule has 0 aliphatic heterocycles. The van der Waals surface area contributed by atoms with E-state index in [-0.39, 0.29) is 12.1 Å². The predicted molar refractivity (Wildman–Crippen MR) is 68.4 cm³/mol. The molecule has 90 valence electrons. The van der Waals surface area contributed by atoms with E-state index in [2.05, 4.69) is 26.0 Å². The van der Waals surface area contributed by atoms with Gasteiger partial charge in [0.15, 0.2) is 0 Å². The Morgan fingerprint density at radius 3 is 2.50 bits per heavy atom. The van der Waals surface area contributed by atoms with E-state index >= 15 is 0 Å². The van der Waals surface area contributed by atoms with Gasteiger partial charge in [-0.25, -0.2) is 0 Å². The number of aryl methyl sites for hydroxylation is 1. The molecule has 0 saturated heterocycles. The number of nitrogens with two attached hydrogens (primary N) is 1. The Kier molecular flexibility index (Phi) is 5.50. The van der Waals surface area contributed by atoms with Crippen LogP contribution in [0.4, 0.5) is 0 Å². The standard InChI is InChI=1S/C14H23NO/c1-4-8-13(16-5-2)14(15)12-10-7-6-9-11(12)3/h6-7,9-10,13-14H,4-5,8,15H2,1-3H3. The molecule has 0 aliphatic carbocycles. The van der Waals surface area contributed by atoms with Crippen molar-refractivity contribution in [1.29, 1.82) is 0 Å². The van der Waals surface area contributed by atoms with E-state index in [1.54, 1.807) is 0 Å². The molecule has 0 radical (unpaired) electrons. The van der Waals surface area contributed by atoms with Gasteiger partial charge in [-0.1, -0.05) is 37.6 Å². The van der Waals surface area contributed by atoms with Gasteiger partial charge in [-0.3, -0.25) is 0 Å². The van der Waals surface area contributed by atoms with E-state index in [0.29, 0.717) is 0 Å². The second-order valence-corrected chi connectivity index (χ2v) is 4.16. The van der Waals surface area contributed by atoms with Crippen molar-refractivity contribution >= 4 is 0 Å². The molecule has 0 saturated carbocycles. The fourth-order valence-corrected chi connectivity index (χ4v) is 2.03. The molecule has 2 atom stereocenters. The third-order valence-corrected chi connectivity index (χ3v) is 2.90. The number of hydrogen-bond acceptors (Lipinski definition) is 2. The average molecular weight is 221 g/mol. The highest BCUT2D eigenvalue weighted by Gasteiger charge is 2.19. The SMILES string of the molecule is CCCC(OCC)C(N)c1ccccc1C. The van der Waals surface area contributed by atoms with E-state index in [0.717, 1.165) is 19.4 Å². The zero-order valence-corrected chi connectivity index (χ0v) is 10.6. The number of hydrogen-bond donors (Lipinski definition) is 1. The quantitative estimate of drug-likeness (QED) is 0.800. The minimum atomic E-state index is -0.0129. The molecule has 2 N–H and O–H groups in total. The van der Waals surface area contributed by atoms with Gasteiger partial charge in [-0.15, -0.1) is 0 Å². The maximum atomic E-state index is 6.29. The lowest BCUT2D eigenvalue weighted by atomic mass is 9.95. The molecule has 2 heteroatoms. The van der Waals surface area contributed by atoms with Crippen molar-refractivity contribution < 1.29 is 4.74 Å². The van der Waals surface area contributed by atoms with Gasteiger partial charge in [0.1, 0.15) is 0 Å². The van der Waals surface area contributed by atoms with Gasteiger partial charge in [0.2, 0.25) is 0 Å². The Balaban J connectivity index is 2.81. The first-order valence-corrected chi connectivity index (χ1v) is 6.13. The van der Waals surface area contributed by atoms with Crippen LogP contribution in [-0.2, 0) is 4.74 Å². The Labute approximate surface area is 98.8 Å². The van der Waals surface area contributed by atoms with Crippen molar-refractivity contribution in [1.82, 2.24) is 0 Å². The summed E-state index contributed by atoms with van der Waals surface area (Å²) in [7, 11) is 0. The summed E-state index contributed by atoms with van der Waals surface area (Å²) < 4.78 is 5.73. The summed E-state index contributed by atoms with van der Waals surface area (Å²) in [6.07, 6.45) is 2.25. The average Bonchev–Trinajstić information content (AvgIpc) is 2.28. The van der Waals surface area contributed by atoms with Gasteiger partial charge in [-0.05, 0) is 31.4 Å². The molecule has 0 spiro atoms. The van der Waals surface area contributed by atoms with Crippen molar-refractivity contribution in [2.24, 2.45) is 5.73 Å². The second-order valence-electron chi connectivity index (χ2n) is 4.16. The van der Waals surface area contributed by atoms with Crippen LogP contribution in [0.2, 0.25) is 0 Å². The van der Waals surface area contributed by atoms with Crippen LogP contribution >= 0.6 is 0 Å². The lowest BCUT2D eigenvalue weighted by molar-refractivity contribution is 0.0373. The smallest absolute Gasteiger partial charge is 0.0767 e. The van der Waals surface area contributed by atoms with Crippen LogP contribution < -0.4 is 5.73 Å². The Morgan fingerprint density at radius 2 is 1.94 bits per heavy atom. The van der Waals surface area contributed by atoms with Crippen LogP contribution in [0.3, 0.4) is 0 Å². The Hall–Kier alpha value is -0.860. The highest BCUT2D eigenvalue weighted by molar-refractivity contribution is 5.29. The van der Waals surface area contributed by atoms with E-state index in [1.807, 2.05) is 19.1 Å². The Morgan fingerprint density at radius 1 is 1.25 bits per heavy atom. The van der Waals surface area contributed by atoms with Crippen LogP contribution in [0.5, 0.6) is 0 Å². The summed E-state index contributed by atoms with van der Waals surface area (Å²) in [5, 5.41) is 0. The molecule has 0 bridgehead atoms. The minimum absolute atomic E-state index is 0.0129. The lowest BCUT2D eigenvalue weighted by Crippen LogP contribution is -2.29. The van der Waals surface area contributed by atoms with Crippen LogP contribution in [0.1, 0.15) is 43.9 Å². The zero-order chi connectivity index (χ0) is 12.0. The van der Waals surface area contributed by atoms with E-state index in [1.165, 1.54) is 11.1 Å². The van der Waals surface area contributed by atoms with Gasteiger partial charge in [0.05, 0.1) is 12.1 Å². The van der Waals surface area contributed by atoms with E-state index in [9.17, 15) is 0 Å². The summed E-state index contributed by atoms with van der Waals surface area (Å²) in [4.78, 5) is 0. The van der Waals surface area contributed by atoms with Crippen LogP contribution in [0.15, 0.2) is 24.3 Å². The molecule has 16 heavy (non-hydrogen) atoms. The first kappa shape index (κ1) is 13.2. The molecule has 1 aromatic rings. The molecule has 0 amide bonds. The highest BCUT2D eigenvalue weighted by Crippen LogP contribution is 2.23. The molecule has 2 unspecified atom stereocenters. The maximum absolute atomic E-state index is 6.29. The van der Waals surface area contributed by atoms with Crippen LogP contribution in [0.25, 0.3) is 0 Å². The van der Waals surface area contributed by atoms with Crippen molar-refractivity contribution in [2.45, 2.75) is 45.8 Å². The lowest BCUT2D eigenvalue weighted by Gasteiger charge is -2.25. The minimum Gasteiger partial charge on any atom is -0.377 e. The second kappa shape index (κ2) is 6.66. The number of ether oxygens (including phenoxy) is 1. The predicted octanol–water partition coefficient (Wildman–Crippen LogP) is 3.20. The molecule has 0 heterocycles. The highest BCUT2D eigenvalue weighted by atomic mass is 16.5. The zero-order valence-electron chi connectivity index (χ0n) is 10.6. The fraction of sp³-hybridized carbons (Fsp3) is 0.571. The largest absolute Gasteiger partial charge is 0.377 e. The van der Waals surface area contributed by atoms with Gasteiger partial charge in [-0.2, -0.15) is 0 Å². The molecule has 0 aromatic heterocycles. The first-order valence-electron chi connectivity index (χ1n) is 6.13. The maximum Gasteiger partial charge on any atom is 0.0767 e. The monoisotopic (exact) mass is 221 g/mol. The molecule has 1 rings (SSSR count). The molecular formula is C14H23NO. The number of rotatable bonds is 6. The van der Waals surface area contributed by atoms with Gasteiger partial charge >= 0.3 is 0 Å². The fourth-order valence-electron chi connectivity index (χ4n) is 2.03. The third kappa shape index (κ3) is 3.32. The van der Waals surface area contributed by atoms with Crippen molar-refractivity contribution in [3.63, 3.8) is 0 Å². The summed E-state index contributed by atoms with van der Waals surface area (Å²) >= 11 is 0. The molecule has 0 aliphatic rings. The topological polar surface area (TPSA) is 35.2 Å². The normalized spacial score (nSPS) is 14.8. The summed E-state index contributed by atoms with van der Waals surface area (Å²) in [6.45, 7) is 7.01.